The van der Waals surface area contributed by atoms with Gasteiger partial charge in [-0.05, 0) is 67.0 Å². The number of ether oxygens (including phenoxy) is 2. The van der Waals surface area contributed by atoms with Crippen molar-refractivity contribution < 1.29 is 13.9 Å². The number of hydrogen-bond donors (Lipinski definition) is 2. The van der Waals surface area contributed by atoms with Crippen LogP contribution in [0.3, 0.4) is 0 Å². The molecule has 0 bridgehead atoms. The van der Waals surface area contributed by atoms with Crippen LogP contribution in [0.2, 0.25) is 0 Å². The van der Waals surface area contributed by atoms with E-state index in [-0.39, 0.29) is 11.8 Å². The first-order valence-corrected chi connectivity index (χ1v) is 11.2. The average Bonchev–Trinajstić information content (AvgIpc) is 2.84. The van der Waals surface area contributed by atoms with Crippen molar-refractivity contribution in [1.29, 1.82) is 0 Å². The van der Waals surface area contributed by atoms with Crippen LogP contribution in [-0.4, -0.2) is 21.6 Å². The molecule has 0 saturated carbocycles. The number of rotatable bonds is 9. The van der Waals surface area contributed by atoms with Crippen molar-refractivity contribution in [3.05, 3.63) is 102 Å². The fourth-order valence-electron chi connectivity index (χ4n) is 3.07. The van der Waals surface area contributed by atoms with Crippen molar-refractivity contribution in [1.82, 2.24) is 15.3 Å². The largest absolute Gasteiger partial charge is 0.439 e. The van der Waals surface area contributed by atoms with Crippen LogP contribution in [0.4, 0.5) is 10.3 Å². The van der Waals surface area contributed by atoms with Gasteiger partial charge in [0.15, 0.2) is 5.11 Å². The quantitative estimate of drug-likeness (QED) is 0.224. The highest BCUT2D eigenvalue weighted by molar-refractivity contribution is 7.80. The summed E-state index contributed by atoms with van der Waals surface area (Å²) in [5, 5.41) is 6.50. The van der Waals surface area contributed by atoms with Crippen molar-refractivity contribution in [2.45, 2.75) is 12.8 Å². The Balaban J connectivity index is 1.39. The lowest BCUT2D eigenvalue weighted by Crippen LogP contribution is -2.30. The van der Waals surface area contributed by atoms with E-state index < -0.39 is 0 Å². The summed E-state index contributed by atoms with van der Waals surface area (Å²) >= 11 is 5.40. The number of thiocarbonyl (C=S) groups is 1. The summed E-state index contributed by atoms with van der Waals surface area (Å²) in [6, 6.07) is 26.8. The number of nitrogens with one attached hydrogen (secondary N) is 2. The first-order chi connectivity index (χ1) is 16.6. The molecule has 0 aliphatic rings. The second-order valence-electron chi connectivity index (χ2n) is 7.31. The van der Waals surface area contributed by atoms with E-state index >= 15 is 0 Å². The summed E-state index contributed by atoms with van der Waals surface area (Å²) in [7, 11) is 0. The molecule has 0 aliphatic heterocycles. The van der Waals surface area contributed by atoms with Gasteiger partial charge in [0.25, 0.3) is 0 Å². The van der Waals surface area contributed by atoms with Gasteiger partial charge in [0.2, 0.25) is 17.7 Å². The Morgan fingerprint density at radius 1 is 0.794 bits per heavy atom. The van der Waals surface area contributed by atoms with Crippen molar-refractivity contribution in [2.75, 3.05) is 11.9 Å². The number of aromatic nitrogens is 2. The van der Waals surface area contributed by atoms with Crippen LogP contribution in [0, 0.1) is 5.82 Å². The molecule has 6 nitrogen and oxygen atoms in total. The summed E-state index contributed by atoms with van der Waals surface area (Å²) < 4.78 is 24.8. The van der Waals surface area contributed by atoms with Gasteiger partial charge < -0.3 is 20.1 Å². The van der Waals surface area contributed by atoms with Gasteiger partial charge in [-0.25, -0.2) is 4.39 Å². The van der Waals surface area contributed by atoms with Gasteiger partial charge in [0.05, 0.1) is 6.07 Å². The number of nitrogens with zero attached hydrogens (tertiary/aromatic N) is 2. The van der Waals surface area contributed by atoms with Gasteiger partial charge in [0.1, 0.15) is 17.3 Å². The summed E-state index contributed by atoms with van der Waals surface area (Å²) in [5.41, 5.74) is 1.07. The second-order valence-corrected chi connectivity index (χ2v) is 7.72. The van der Waals surface area contributed by atoms with Crippen molar-refractivity contribution in [3.8, 4) is 23.3 Å². The molecule has 0 spiro atoms. The molecular formula is C26H23FN4O2S. The Hall–Kier alpha value is -4.04. The van der Waals surface area contributed by atoms with Crippen LogP contribution in [0.25, 0.3) is 0 Å². The SMILES string of the molecule is Fc1ccc(CCCNC(=S)Nc2nc(Oc3ccccc3)cc(Oc3ccccc3)n2)cc1. The van der Waals surface area contributed by atoms with Crippen LogP contribution in [-0.2, 0) is 6.42 Å². The van der Waals surface area contributed by atoms with E-state index in [1.54, 1.807) is 18.2 Å². The smallest absolute Gasteiger partial charge is 0.235 e. The monoisotopic (exact) mass is 474 g/mol. The Morgan fingerprint density at radius 2 is 1.35 bits per heavy atom. The Morgan fingerprint density at radius 3 is 1.91 bits per heavy atom. The highest BCUT2D eigenvalue weighted by atomic mass is 32.1. The highest BCUT2D eigenvalue weighted by Gasteiger charge is 2.10. The van der Waals surface area contributed by atoms with Crippen LogP contribution >= 0.6 is 12.2 Å². The average molecular weight is 475 g/mol. The number of benzene rings is 3. The van der Waals surface area contributed by atoms with Crippen molar-refractivity contribution >= 4 is 23.3 Å². The first kappa shape index (κ1) is 23.1. The van der Waals surface area contributed by atoms with E-state index in [0.29, 0.717) is 34.9 Å². The van der Waals surface area contributed by atoms with Crippen LogP contribution < -0.4 is 20.1 Å². The number of para-hydroxylation sites is 2. The molecule has 0 fully saturated rings. The maximum absolute atomic E-state index is 13.0. The molecular weight excluding hydrogens is 451 g/mol. The Kier molecular flexibility index (Phi) is 7.97. The zero-order chi connectivity index (χ0) is 23.6. The molecule has 34 heavy (non-hydrogen) atoms. The molecule has 1 aromatic heterocycles. The lowest BCUT2D eigenvalue weighted by Gasteiger charge is -2.13. The maximum atomic E-state index is 13.0. The zero-order valence-corrected chi connectivity index (χ0v) is 19.1. The van der Waals surface area contributed by atoms with Crippen LogP contribution in [0.15, 0.2) is 91.0 Å². The van der Waals surface area contributed by atoms with E-state index in [9.17, 15) is 4.39 Å². The molecule has 0 amide bonds. The van der Waals surface area contributed by atoms with Gasteiger partial charge in [0, 0.05) is 6.54 Å². The summed E-state index contributed by atoms with van der Waals surface area (Å²) in [5.74, 6) is 1.91. The molecule has 4 rings (SSSR count). The third kappa shape index (κ3) is 7.25. The molecule has 2 N–H and O–H groups in total. The third-order valence-electron chi connectivity index (χ3n) is 4.68. The number of anilines is 1. The minimum atomic E-state index is -0.235. The molecule has 172 valence electrons. The first-order valence-electron chi connectivity index (χ1n) is 10.8. The number of halogens is 1. The van der Waals surface area contributed by atoms with Gasteiger partial charge in [-0.1, -0.05) is 48.5 Å². The van der Waals surface area contributed by atoms with E-state index in [1.165, 1.54) is 12.1 Å². The fraction of sp³-hybridized carbons (Fsp3) is 0.115. The number of hydrogen-bond acceptors (Lipinski definition) is 5. The van der Waals surface area contributed by atoms with E-state index in [2.05, 4.69) is 20.6 Å². The molecule has 1 heterocycles. The van der Waals surface area contributed by atoms with E-state index in [4.69, 9.17) is 21.7 Å². The Labute approximate surface area is 202 Å². The van der Waals surface area contributed by atoms with E-state index in [1.807, 2.05) is 60.7 Å². The Bertz CT molecular complexity index is 1150. The predicted molar refractivity (Wildman–Crippen MR) is 134 cm³/mol. The van der Waals surface area contributed by atoms with Crippen molar-refractivity contribution in [3.63, 3.8) is 0 Å². The van der Waals surface area contributed by atoms with E-state index in [0.717, 1.165) is 18.4 Å². The van der Waals surface area contributed by atoms with Gasteiger partial charge in [-0.2, -0.15) is 9.97 Å². The van der Waals surface area contributed by atoms with Crippen LogP contribution in [0.5, 0.6) is 23.3 Å². The maximum Gasteiger partial charge on any atom is 0.235 e. The molecule has 0 radical (unpaired) electrons. The zero-order valence-electron chi connectivity index (χ0n) is 18.3. The molecule has 0 unspecified atom stereocenters. The lowest BCUT2D eigenvalue weighted by atomic mass is 10.1. The van der Waals surface area contributed by atoms with Gasteiger partial charge >= 0.3 is 0 Å². The number of aryl methyl sites for hydroxylation is 1. The molecule has 0 saturated heterocycles. The summed E-state index contributed by atoms with van der Waals surface area (Å²) in [6.07, 6.45) is 1.63. The predicted octanol–water partition coefficient (Wildman–Crippen LogP) is 6.12. The third-order valence-corrected chi connectivity index (χ3v) is 4.92. The molecule has 0 aliphatic carbocycles. The van der Waals surface area contributed by atoms with Crippen LogP contribution in [0.1, 0.15) is 12.0 Å². The molecule has 4 aromatic rings. The minimum Gasteiger partial charge on any atom is -0.439 e. The van der Waals surface area contributed by atoms with Gasteiger partial charge in [-0.3, -0.25) is 0 Å². The molecule has 8 heteroatoms. The normalized spacial score (nSPS) is 10.4. The lowest BCUT2D eigenvalue weighted by molar-refractivity contribution is 0.435. The minimum absolute atomic E-state index is 0.235. The molecule has 0 atom stereocenters. The topological polar surface area (TPSA) is 68.3 Å². The summed E-state index contributed by atoms with van der Waals surface area (Å²) in [6.45, 7) is 0.636. The summed E-state index contributed by atoms with van der Waals surface area (Å²) in [4.78, 5) is 8.81. The standard InChI is InChI=1S/C26H23FN4O2S/c27-20-15-13-19(14-16-20)8-7-17-28-26(34)31-25-29-23(32-21-9-3-1-4-10-21)18-24(30-25)33-22-11-5-2-6-12-22/h1-6,9-16,18H,7-8,17H2,(H2,28,29,30,31,34). The molecule has 3 aromatic carbocycles. The second kappa shape index (κ2) is 11.7. The van der Waals surface area contributed by atoms with Gasteiger partial charge in [-0.15, -0.1) is 0 Å². The van der Waals surface area contributed by atoms with Crippen molar-refractivity contribution in [2.24, 2.45) is 0 Å². The fourth-order valence-corrected chi connectivity index (χ4v) is 3.27. The highest BCUT2D eigenvalue weighted by Crippen LogP contribution is 2.27.